The van der Waals surface area contributed by atoms with Gasteiger partial charge in [0.2, 0.25) is 11.7 Å². The number of nitrogens with zero attached hydrogens (tertiary/aromatic N) is 2. The highest BCUT2D eigenvalue weighted by Gasteiger charge is 2.32. The van der Waals surface area contributed by atoms with Crippen molar-refractivity contribution in [3.63, 3.8) is 0 Å². The average Bonchev–Trinajstić information content (AvgIpc) is 2.93. The second kappa shape index (κ2) is 6.37. The van der Waals surface area contributed by atoms with Gasteiger partial charge in [-0.3, -0.25) is 0 Å². The van der Waals surface area contributed by atoms with Gasteiger partial charge in [-0.05, 0) is 17.9 Å². The molecule has 114 valence electrons. The molecule has 5 heteroatoms. The molecule has 5 nitrogen and oxygen atoms in total. The Morgan fingerprint density at radius 2 is 1.90 bits per heavy atom. The van der Waals surface area contributed by atoms with Crippen LogP contribution >= 0.6 is 0 Å². The molecule has 1 aromatic carbocycles. The maximum atomic E-state index is 6.18. The molecule has 0 radical (unpaired) electrons. The van der Waals surface area contributed by atoms with Crippen LogP contribution in [-0.4, -0.2) is 16.7 Å². The molecule has 0 saturated carbocycles. The Labute approximate surface area is 125 Å². The number of ether oxygens (including phenoxy) is 1. The van der Waals surface area contributed by atoms with Crippen LogP contribution in [0.5, 0.6) is 0 Å². The van der Waals surface area contributed by atoms with Gasteiger partial charge in [-0.25, -0.2) is 0 Å². The summed E-state index contributed by atoms with van der Waals surface area (Å²) in [5.41, 5.74) is 7.00. The lowest BCUT2D eigenvalue weighted by atomic mass is 9.88. The van der Waals surface area contributed by atoms with E-state index in [0.717, 1.165) is 5.56 Å². The van der Waals surface area contributed by atoms with Gasteiger partial charge in [0, 0.05) is 6.61 Å². The summed E-state index contributed by atoms with van der Waals surface area (Å²) in [5.74, 6) is 0.955. The van der Waals surface area contributed by atoms with E-state index in [1.165, 1.54) is 0 Å². The first kappa shape index (κ1) is 15.7. The van der Waals surface area contributed by atoms with Crippen molar-refractivity contribution in [3.05, 3.63) is 47.6 Å². The Bertz CT molecular complexity index is 560. The average molecular weight is 289 g/mol. The molecule has 0 aliphatic carbocycles. The summed E-state index contributed by atoms with van der Waals surface area (Å²) in [4.78, 5) is 4.44. The van der Waals surface area contributed by atoms with Gasteiger partial charge in [-0.15, -0.1) is 0 Å². The van der Waals surface area contributed by atoms with Gasteiger partial charge in [0.25, 0.3) is 0 Å². The number of hydrogen-bond acceptors (Lipinski definition) is 5. The van der Waals surface area contributed by atoms with Crippen LogP contribution < -0.4 is 5.73 Å². The fourth-order valence-corrected chi connectivity index (χ4v) is 2.16. The van der Waals surface area contributed by atoms with Gasteiger partial charge in [-0.1, -0.05) is 56.3 Å². The zero-order valence-corrected chi connectivity index (χ0v) is 13.0. The molecule has 0 fully saturated rings. The molecule has 1 heterocycles. The lowest BCUT2D eigenvalue weighted by molar-refractivity contribution is -0.0203. The van der Waals surface area contributed by atoms with E-state index in [2.05, 4.69) is 30.9 Å². The molecule has 2 atom stereocenters. The molecule has 0 aliphatic heterocycles. The molecule has 1 aromatic heterocycles. The monoisotopic (exact) mass is 289 g/mol. The van der Waals surface area contributed by atoms with Crippen molar-refractivity contribution >= 4 is 0 Å². The Morgan fingerprint density at radius 1 is 1.24 bits per heavy atom. The molecular weight excluding hydrogens is 266 g/mol. The predicted molar refractivity (Wildman–Crippen MR) is 80.6 cm³/mol. The van der Waals surface area contributed by atoms with E-state index in [-0.39, 0.29) is 11.5 Å². The number of rotatable bonds is 5. The topological polar surface area (TPSA) is 74.2 Å². The van der Waals surface area contributed by atoms with Crippen LogP contribution in [0.25, 0.3) is 0 Å². The summed E-state index contributed by atoms with van der Waals surface area (Å²) in [5, 5.41) is 4.06. The van der Waals surface area contributed by atoms with Gasteiger partial charge in [0.15, 0.2) is 0 Å². The Balaban J connectivity index is 2.24. The lowest BCUT2D eigenvalue weighted by Gasteiger charge is -2.27. The largest absolute Gasteiger partial charge is 0.370 e. The Hall–Kier alpha value is -1.72. The normalized spacial score (nSPS) is 14.9. The first-order valence-electron chi connectivity index (χ1n) is 7.19. The second-order valence-electron chi connectivity index (χ2n) is 6.08. The summed E-state index contributed by atoms with van der Waals surface area (Å²) in [6.45, 7) is 8.80. The SMILES string of the molecule is CCOC(c1noc(C(N)c2ccccc2)n1)C(C)(C)C. The zero-order valence-electron chi connectivity index (χ0n) is 13.0. The Kier molecular flexibility index (Phi) is 4.75. The molecule has 21 heavy (non-hydrogen) atoms. The standard InChI is InChI=1S/C16H23N3O2/c1-5-20-13(16(2,3)4)14-18-15(21-19-14)12(17)11-9-7-6-8-10-11/h6-10,12-13H,5,17H2,1-4H3. The van der Waals surface area contributed by atoms with Gasteiger partial charge >= 0.3 is 0 Å². The summed E-state index contributed by atoms with van der Waals surface area (Å²) in [6.07, 6.45) is -0.219. The van der Waals surface area contributed by atoms with Crippen molar-refractivity contribution in [3.8, 4) is 0 Å². The van der Waals surface area contributed by atoms with Gasteiger partial charge in [0.1, 0.15) is 12.1 Å². The van der Waals surface area contributed by atoms with Crippen molar-refractivity contribution in [1.29, 1.82) is 0 Å². The highest BCUT2D eigenvalue weighted by Crippen LogP contribution is 2.35. The fraction of sp³-hybridized carbons (Fsp3) is 0.500. The first-order chi connectivity index (χ1) is 9.93. The van der Waals surface area contributed by atoms with E-state index >= 15 is 0 Å². The van der Waals surface area contributed by atoms with Crippen molar-refractivity contribution in [2.75, 3.05) is 6.61 Å². The lowest BCUT2D eigenvalue weighted by Crippen LogP contribution is -2.23. The summed E-state index contributed by atoms with van der Waals surface area (Å²) in [6, 6.07) is 9.28. The third kappa shape index (κ3) is 3.68. The molecule has 0 amide bonds. The number of nitrogens with two attached hydrogens (primary N) is 1. The van der Waals surface area contributed by atoms with E-state index in [1.807, 2.05) is 37.3 Å². The van der Waals surface area contributed by atoms with Gasteiger partial charge < -0.3 is 15.0 Å². The maximum Gasteiger partial charge on any atom is 0.248 e. The molecule has 0 spiro atoms. The van der Waals surface area contributed by atoms with E-state index in [4.69, 9.17) is 15.0 Å². The minimum atomic E-state index is -0.422. The van der Waals surface area contributed by atoms with Gasteiger partial charge in [-0.2, -0.15) is 4.98 Å². The number of aromatic nitrogens is 2. The van der Waals surface area contributed by atoms with E-state index in [9.17, 15) is 0 Å². The smallest absolute Gasteiger partial charge is 0.248 e. The van der Waals surface area contributed by atoms with Crippen LogP contribution in [0.15, 0.2) is 34.9 Å². The van der Waals surface area contributed by atoms with E-state index in [0.29, 0.717) is 18.3 Å². The third-order valence-corrected chi connectivity index (χ3v) is 3.24. The van der Waals surface area contributed by atoms with E-state index < -0.39 is 6.04 Å². The molecule has 0 saturated heterocycles. The summed E-state index contributed by atoms with van der Waals surface area (Å²) >= 11 is 0. The first-order valence-corrected chi connectivity index (χ1v) is 7.19. The molecule has 2 aromatic rings. The maximum absolute atomic E-state index is 6.18. The minimum absolute atomic E-state index is 0.117. The van der Waals surface area contributed by atoms with Crippen LogP contribution in [0.1, 0.15) is 57.1 Å². The molecular formula is C16H23N3O2. The zero-order chi connectivity index (χ0) is 15.5. The third-order valence-electron chi connectivity index (χ3n) is 3.24. The molecule has 2 rings (SSSR count). The highest BCUT2D eigenvalue weighted by molar-refractivity contribution is 5.23. The van der Waals surface area contributed by atoms with Crippen molar-refractivity contribution in [2.45, 2.75) is 39.8 Å². The fourth-order valence-electron chi connectivity index (χ4n) is 2.16. The van der Waals surface area contributed by atoms with Crippen molar-refractivity contribution < 1.29 is 9.26 Å². The van der Waals surface area contributed by atoms with E-state index in [1.54, 1.807) is 0 Å². The van der Waals surface area contributed by atoms with Crippen LogP contribution in [0.4, 0.5) is 0 Å². The van der Waals surface area contributed by atoms with Crippen LogP contribution in [0, 0.1) is 5.41 Å². The van der Waals surface area contributed by atoms with Crippen LogP contribution in [0.2, 0.25) is 0 Å². The van der Waals surface area contributed by atoms with Crippen LogP contribution in [-0.2, 0) is 4.74 Å². The van der Waals surface area contributed by atoms with Gasteiger partial charge in [0.05, 0.1) is 0 Å². The summed E-state index contributed by atoms with van der Waals surface area (Å²) in [7, 11) is 0. The predicted octanol–water partition coefficient (Wildman–Crippen LogP) is 3.24. The Morgan fingerprint density at radius 3 is 2.48 bits per heavy atom. The second-order valence-corrected chi connectivity index (χ2v) is 6.08. The number of hydrogen-bond donors (Lipinski definition) is 1. The molecule has 0 aliphatic rings. The van der Waals surface area contributed by atoms with Crippen molar-refractivity contribution in [2.24, 2.45) is 11.1 Å². The summed E-state index contributed by atoms with van der Waals surface area (Å²) < 4.78 is 11.1. The highest BCUT2D eigenvalue weighted by atomic mass is 16.5. The van der Waals surface area contributed by atoms with Crippen LogP contribution in [0.3, 0.4) is 0 Å². The number of benzene rings is 1. The minimum Gasteiger partial charge on any atom is -0.370 e. The quantitative estimate of drug-likeness (QED) is 0.914. The molecule has 2 N–H and O–H groups in total. The van der Waals surface area contributed by atoms with Crippen molar-refractivity contribution in [1.82, 2.24) is 10.1 Å². The molecule has 0 bridgehead atoms. The molecule has 2 unspecified atom stereocenters.